The molecule has 1 heterocycles. The van der Waals surface area contributed by atoms with E-state index in [1.807, 2.05) is 0 Å². The van der Waals surface area contributed by atoms with Crippen molar-refractivity contribution in [2.45, 2.75) is 12.5 Å². The highest BCUT2D eigenvalue weighted by molar-refractivity contribution is 9.10. The zero-order valence-corrected chi connectivity index (χ0v) is 11.0. The molecule has 1 aromatic carbocycles. The van der Waals surface area contributed by atoms with Gasteiger partial charge in [-0.2, -0.15) is 11.8 Å². The van der Waals surface area contributed by atoms with Gasteiger partial charge in [0.05, 0.1) is 4.47 Å². The van der Waals surface area contributed by atoms with Crippen molar-refractivity contribution in [3.05, 3.63) is 33.8 Å². The minimum absolute atomic E-state index is 0.0442. The highest BCUT2D eigenvalue weighted by Gasteiger charge is 2.27. The molecule has 0 bridgehead atoms. The molecule has 16 heavy (non-hydrogen) atoms. The Hall–Kier alpha value is -0.130. The van der Waals surface area contributed by atoms with Crippen LogP contribution in [0.4, 0.5) is 8.78 Å². The molecule has 5 heteroatoms. The van der Waals surface area contributed by atoms with Gasteiger partial charge in [-0.1, -0.05) is 0 Å². The molecule has 1 aliphatic heterocycles. The molecule has 0 aliphatic carbocycles. The van der Waals surface area contributed by atoms with Gasteiger partial charge in [-0.25, -0.2) is 8.78 Å². The Morgan fingerprint density at radius 2 is 2.12 bits per heavy atom. The average Bonchev–Trinajstić information content (AvgIpc) is 2.65. The maximum atomic E-state index is 13.7. The van der Waals surface area contributed by atoms with Gasteiger partial charge in [-0.3, -0.25) is 0 Å². The molecule has 0 amide bonds. The summed E-state index contributed by atoms with van der Waals surface area (Å²) < 4.78 is 27.5. The van der Waals surface area contributed by atoms with Crippen LogP contribution in [0.15, 0.2) is 16.6 Å². The first-order valence-electron chi connectivity index (χ1n) is 5.05. The van der Waals surface area contributed by atoms with Crippen LogP contribution in [0.3, 0.4) is 0 Å². The van der Waals surface area contributed by atoms with Crippen molar-refractivity contribution in [1.82, 2.24) is 0 Å². The second-order valence-corrected chi connectivity index (χ2v) is 5.92. The predicted octanol–water partition coefficient (Wildman–Crippen LogP) is 2.96. The summed E-state index contributed by atoms with van der Waals surface area (Å²) in [5.74, 6) is 0.950. The van der Waals surface area contributed by atoms with E-state index in [1.54, 1.807) is 11.8 Å². The number of hydrogen-bond donors (Lipinski definition) is 1. The fraction of sp³-hybridized carbons (Fsp3) is 0.455. The minimum Gasteiger partial charge on any atom is -0.327 e. The molecule has 1 aliphatic rings. The van der Waals surface area contributed by atoms with Gasteiger partial charge >= 0.3 is 0 Å². The van der Waals surface area contributed by atoms with Gasteiger partial charge in [0.2, 0.25) is 0 Å². The summed E-state index contributed by atoms with van der Waals surface area (Å²) in [6.45, 7) is 0. The lowest BCUT2D eigenvalue weighted by atomic mass is 9.95. The van der Waals surface area contributed by atoms with Gasteiger partial charge in [0.25, 0.3) is 0 Å². The molecule has 2 atom stereocenters. The number of nitrogens with two attached hydrogens (primary N) is 1. The van der Waals surface area contributed by atoms with Crippen molar-refractivity contribution < 1.29 is 8.78 Å². The highest BCUT2D eigenvalue weighted by atomic mass is 79.9. The minimum atomic E-state index is -0.496. The monoisotopic (exact) mass is 307 g/mol. The molecule has 1 aromatic rings. The summed E-state index contributed by atoms with van der Waals surface area (Å²) in [5, 5.41) is 0. The topological polar surface area (TPSA) is 26.0 Å². The van der Waals surface area contributed by atoms with Gasteiger partial charge in [-0.15, -0.1) is 0 Å². The number of rotatable bonds is 2. The Balaban J connectivity index is 2.23. The van der Waals surface area contributed by atoms with Crippen LogP contribution in [-0.4, -0.2) is 17.5 Å². The highest BCUT2D eigenvalue weighted by Crippen LogP contribution is 2.29. The Labute approximate surface area is 106 Å². The summed E-state index contributed by atoms with van der Waals surface area (Å²) in [4.78, 5) is 0. The summed E-state index contributed by atoms with van der Waals surface area (Å²) in [5.41, 5.74) is 6.04. The van der Waals surface area contributed by atoms with E-state index < -0.39 is 11.6 Å². The van der Waals surface area contributed by atoms with Crippen molar-refractivity contribution in [3.8, 4) is 0 Å². The third-order valence-electron chi connectivity index (χ3n) is 2.85. The molecule has 1 saturated heterocycles. The van der Waals surface area contributed by atoms with Gasteiger partial charge in [0.1, 0.15) is 11.6 Å². The number of benzene rings is 1. The van der Waals surface area contributed by atoms with Crippen LogP contribution in [0.25, 0.3) is 0 Å². The largest absolute Gasteiger partial charge is 0.327 e. The number of thioether (sulfide) groups is 1. The molecular formula is C11H12BrF2NS. The van der Waals surface area contributed by atoms with Gasteiger partial charge in [0, 0.05) is 17.4 Å². The second-order valence-electron chi connectivity index (χ2n) is 3.99. The van der Waals surface area contributed by atoms with E-state index >= 15 is 0 Å². The molecule has 1 nitrogen and oxygen atoms in total. The van der Waals surface area contributed by atoms with Gasteiger partial charge in [-0.05, 0) is 46.2 Å². The van der Waals surface area contributed by atoms with Crippen LogP contribution in [0, 0.1) is 17.6 Å². The smallest absolute Gasteiger partial charge is 0.143 e. The molecular weight excluding hydrogens is 296 g/mol. The molecule has 2 rings (SSSR count). The maximum Gasteiger partial charge on any atom is 0.143 e. The fourth-order valence-electron chi connectivity index (χ4n) is 1.84. The van der Waals surface area contributed by atoms with Crippen LogP contribution in [0.1, 0.15) is 5.56 Å². The SMILES string of the molecule is NC1CSCC1Cc1c(F)ccc(Br)c1F. The summed E-state index contributed by atoms with van der Waals surface area (Å²) in [6, 6.07) is 2.72. The summed E-state index contributed by atoms with van der Waals surface area (Å²) in [6.07, 6.45) is 0.380. The molecule has 88 valence electrons. The van der Waals surface area contributed by atoms with Crippen molar-refractivity contribution in [2.75, 3.05) is 11.5 Å². The van der Waals surface area contributed by atoms with E-state index in [0.717, 1.165) is 11.5 Å². The Bertz CT molecular complexity index is 400. The van der Waals surface area contributed by atoms with Crippen molar-refractivity contribution >= 4 is 27.7 Å². The van der Waals surface area contributed by atoms with E-state index in [-0.39, 0.29) is 17.5 Å². The zero-order valence-electron chi connectivity index (χ0n) is 8.55. The fourth-order valence-corrected chi connectivity index (χ4v) is 3.56. The average molecular weight is 308 g/mol. The van der Waals surface area contributed by atoms with Crippen molar-refractivity contribution in [3.63, 3.8) is 0 Å². The molecule has 2 N–H and O–H groups in total. The molecule has 0 saturated carbocycles. The standard InChI is InChI=1S/C11H12BrF2NS/c12-8-1-2-9(13)7(11(8)14)3-6-4-16-5-10(6)15/h1-2,6,10H,3-5,15H2. The van der Waals surface area contributed by atoms with Crippen LogP contribution in [0.5, 0.6) is 0 Å². The van der Waals surface area contributed by atoms with Crippen molar-refractivity contribution in [2.24, 2.45) is 11.7 Å². The Kier molecular flexibility index (Phi) is 3.87. The van der Waals surface area contributed by atoms with Crippen LogP contribution in [0.2, 0.25) is 0 Å². The third-order valence-corrected chi connectivity index (χ3v) is 4.75. The first-order chi connectivity index (χ1) is 7.59. The van der Waals surface area contributed by atoms with E-state index in [2.05, 4.69) is 15.9 Å². The maximum absolute atomic E-state index is 13.7. The molecule has 1 fully saturated rings. The van der Waals surface area contributed by atoms with E-state index in [1.165, 1.54) is 12.1 Å². The van der Waals surface area contributed by atoms with E-state index in [4.69, 9.17) is 5.73 Å². The lowest BCUT2D eigenvalue weighted by Crippen LogP contribution is -2.30. The van der Waals surface area contributed by atoms with Gasteiger partial charge in [0.15, 0.2) is 0 Å². The number of hydrogen-bond acceptors (Lipinski definition) is 2. The van der Waals surface area contributed by atoms with Crippen LogP contribution < -0.4 is 5.73 Å². The summed E-state index contributed by atoms with van der Waals surface area (Å²) >= 11 is 4.81. The van der Waals surface area contributed by atoms with E-state index in [0.29, 0.717) is 10.9 Å². The quantitative estimate of drug-likeness (QED) is 0.850. The second kappa shape index (κ2) is 5.02. The summed E-state index contributed by atoms with van der Waals surface area (Å²) in [7, 11) is 0. The normalized spacial score (nSPS) is 25.0. The third kappa shape index (κ3) is 2.41. The molecule has 0 radical (unpaired) electrons. The Morgan fingerprint density at radius 3 is 2.75 bits per heavy atom. The molecule has 2 unspecified atom stereocenters. The Morgan fingerprint density at radius 1 is 1.38 bits per heavy atom. The molecule has 0 spiro atoms. The lowest BCUT2D eigenvalue weighted by molar-refractivity contribution is 0.475. The number of halogens is 3. The van der Waals surface area contributed by atoms with E-state index in [9.17, 15) is 8.78 Å². The van der Waals surface area contributed by atoms with Gasteiger partial charge < -0.3 is 5.73 Å². The predicted molar refractivity (Wildman–Crippen MR) is 66.6 cm³/mol. The zero-order chi connectivity index (χ0) is 11.7. The first-order valence-corrected chi connectivity index (χ1v) is 7.00. The van der Waals surface area contributed by atoms with Crippen LogP contribution >= 0.6 is 27.7 Å². The molecule has 0 aromatic heterocycles. The lowest BCUT2D eigenvalue weighted by Gasteiger charge is -2.15. The first kappa shape index (κ1) is 12.3. The van der Waals surface area contributed by atoms with Crippen LogP contribution in [-0.2, 0) is 6.42 Å². The van der Waals surface area contributed by atoms with Crippen molar-refractivity contribution in [1.29, 1.82) is 0 Å².